The van der Waals surface area contributed by atoms with Crippen molar-refractivity contribution in [1.29, 1.82) is 0 Å². The number of halogens is 1. The molecule has 264 valence electrons. The molecular formula is C37H46BrN3O7S. The number of carbonyl (C=O) groups is 2. The third kappa shape index (κ3) is 8.95. The topological polar surface area (TPSA) is 151 Å². The first-order valence-electron chi connectivity index (χ1n) is 16.6. The molecule has 1 aromatic heterocycles. The van der Waals surface area contributed by atoms with Crippen LogP contribution in [0, 0.1) is 6.92 Å². The van der Waals surface area contributed by atoms with Crippen molar-refractivity contribution < 1.29 is 37.3 Å². The predicted molar refractivity (Wildman–Crippen MR) is 193 cm³/mol. The predicted octanol–water partition coefficient (Wildman–Crippen LogP) is 7.40. The number of aryl methyl sites for hydroxylation is 2. The Hall–Kier alpha value is -3.61. The number of fused-ring (bicyclic) bond motifs is 2. The standard InChI is InChI=1S/C37H46BrN3O7S/c1-25-21-27(49(46,47)48)23-28-34(25)41(20-14-8-12-18-33(44)45)31(37(28,4)5)16-10-6-9-15-30-36(2,3)29-22-26(38)24-40(35(29)39-30)19-13-7-11-17-32(42)43/h6,9-10,15-16,21-24H,7-8,11-14,17-20H2,1-5H3,(H2-,42,43,44,45,46,47,48). The van der Waals surface area contributed by atoms with Crippen LogP contribution in [0.15, 0.2) is 74.8 Å². The maximum absolute atomic E-state index is 12.0. The van der Waals surface area contributed by atoms with Gasteiger partial charge in [-0.2, -0.15) is 0 Å². The number of nitrogens with zero attached hydrogens (tertiary/aromatic N) is 3. The molecule has 0 amide bonds. The smallest absolute Gasteiger partial charge is 0.327 e. The third-order valence-corrected chi connectivity index (χ3v) is 10.6. The molecule has 2 N–H and O–H groups in total. The summed E-state index contributed by atoms with van der Waals surface area (Å²) in [7, 11) is -4.64. The summed E-state index contributed by atoms with van der Waals surface area (Å²) in [5.41, 5.74) is 4.39. The summed E-state index contributed by atoms with van der Waals surface area (Å²) < 4.78 is 39.0. The molecule has 0 spiro atoms. The molecule has 12 heteroatoms. The summed E-state index contributed by atoms with van der Waals surface area (Å²) in [6, 6.07) is 5.02. The average Bonchev–Trinajstić information content (AvgIpc) is 3.37. The number of aliphatic carboxylic acids is 2. The molecule has 3 heterocycles. The molecule has 1 aromatic carbocycles. The van der Waals surface area contributed by atoms with Crippen molar-refractivity contribution in [3.63, 3.8) is 0 Å². The lowest BCUT2D eigenvalue weighted by molar-refractivity contribution is -0.685. The van der Waals surface area contributed by atoms with Gasteiger partial charge in [0.15, 0.2) is 5.71 Å². The van der Waals surface area contributed by atoms with Crippen molar-refractivity contribution >= 4 is 55.2 Å². The second kappa shape index (κ2) is 15.5. The lowest BCUT2D eigenvalue weighted by Crippen LogP contribution is -2.35. The van der Waals surface area contributed by atoms with Crippen LogP contribution < -0.4 is 9.47 Å². The number of anilines is 1. The zero-order valence-electron chi connectivity index (χ0n) is 28.8. The first-order chi connectivity index (χ1) is 22.9. The van der Waals surface area contributed by atoms with E-state index in [0.717, 1.165) is 70.7 Å². The normalized spacial score (nSPS) is 17.2. The highest BCUT2D eigenvalue weighted by Gasteiger charge is 2.43. The maximum atomic E-state index is 12.0. The fourth-order valence-electron chi connectivity index (χ4n) is 6.66. The molecule has 2 aromatic rings. The molecule has 0 radical (unpaired) electrons. The van der Waals surface area contributed by atoms with Gasteiger partial charge < -0.3 is 19.7 Å². The molecule has 0 aliphatic carbocycles. The molecule has 10 nitrogen and oxygen atoms in total. The Morgan fingerprint density at radius 1 is 0.918 bits per heavy atom. The van der Waals surface area contributed by atoms with Gasteiger partial charge in [-0.1, -0.05) is 38.5 Å². The molecule has 0 saturated heterocycles. The van der Waals surface area contributed by atoms with Crippen molar-refractivity contribution in [3.05, 3.63) is 81.6 Å². The second-order valence-corrected chi connectivity index (χ2v) is 16.1. The summed E-state index contributed by atoms with van der Waals surface area (Å²) in [6.45, 7) is 11.5. The minimum Gasteiger partial charge on any atom is -0.744 e. The fourth-order valence-corrected chi connectivity index (χ4v) is 7.72. The molecule has 4 rings (SSSR count). The second-order valence-electron chi connectivity index (χ2n) is 13.8. The highest BCUT2D eigenvalue weighted by molar-refractivity contribution is 9.10. The zero-order valence-corrected chi connectivity index (χ0v) is 31.2. The van der Waals surface area contributed by atoms with Crippen LogP contribution in [0.4, 0.5) is 11.5 Å². The summed E-state index contributed by atoms with van der Waals surface area (Å²) in [5, 5.41) is 18.0. The van der Waals surface area contributed by atoms with Gasteiger partial charge in [0.25, 0.3) is 0 Å². The van der Waals surface area contributed by atoms with Crippen LogP contribution in [0.2, 0.25) is 0 Å². The number of aliphatic imine (C=N–C) groups is 1. The van der Waals surface area contributed by atoms with Crippen molar-refractivity contribution in [2.24, 2.45) is 4.99 Å². The van der Waals surface area contributed by atoms with Gasteiger partial charge >= 0.3 is 17.8 Å². The number of aromatic nitrogens is 1. The fraction of sp³-hybridized carbons (Fsp3) is 0.459. The summed E-state index contributed by atoms with van der Waals surface area (Å²) in [5.74, 6) is -0.691. The quantitative estimate of drug-likeness (QED) is 0.0779. The van der Waals surface area contributed by atoms with Crippen LogP contribution in [0.3, 0.4) is 0 Å². The Balaban J connectivity index is 1.58. The molecule has 0 saturated carbocycles. The van der Waals surface area contributed by atoms with Crippen LogP contribution in [0.25, 0.3) is 0 Å². The number of rotatable bonds is 16. The molecule has 49 heavy (non-hydrogen) atoms. The Labute approximate surface area is 297 Å². The summed E-state index contributed by atoms with van der Waals surface area (Å²) in [6.07, 6.45) is 16.5. The van der Waals surface area contributed by atoms with Crippen molar-refractivity contribution in [2.75, 3.05) is 11.4 Å². The van der Waals surface area contributed by atoms with E-state index in [4.69, 9.17) is 15.2 Å². The van der Waals surface area contributed by atoms with E-state index < -0.39 is 27.5 Å². The SMILES string of the molecule is Cc1cc(S(=O)(=O)[O-])cc2c1N(CCCCCC(=O)O)/C(=C/C=C/C=C/C1=Nc3c(cc(Br)c[n+]3CCCCCC(=O)O)C1(C)C)C2(C)C. The van der Waals surface area contributed by atoms with Crippen molar-refractivity contribution in [3.8, 4) is 0 Å². The molecule has 0 atom stereocenters. The Kier molecular flexibility index (Phi) is 12.1. The van der Waals surface area contributed by atoms with E-state index in [1.165, 1.54) is 12.1 Å². The van der Waals surface area contributed by atoms with Gasteiger partial charge in [0.1, 0.15) is 16.3 Å². The van der Waals surface area contributed by atoms with E-state index in [-0.39, 0.29) is 23.2 Å². The highest BCUT2D eigenvalue weighted by atomic mass is 79.9. The summed E-state index contributed by atoms with van der Waals surface area (Å²) in [4.78, 5) is 28.8. The molecule has 0 unspecified atom stereocenters. The van der Waals surface area contributed by atoms with E-state index in [0.29, 0.717) is 24.9 Å². The minimum absolute atomic E-state index is 0.114. The first kappa shape index (κ1) is 38.2. The average molecular weight is 757 g/mol. The number of carboxylic acid groups (broad SMARTS) is 2. The lowest BCUT2D eigenvalue weighted by atomic mass is 9.82. The Morgan fingerprint density at radius 2 is 1.57 bits per heavy atom. The van der Waals surface area contributed by atoms with E-state index in [1.807, 2.05) is 57.3 Å². The number of allylic oxidation sites excluding steroid dienone is 6. The van der Waals surface area contributed by atoms with Gasteiger partial charge in [0.2, 0.25) is 0 Å². The monoisotopic (exact) mass is 755 g/mol. The van der Waals surface area contributed by atoms with E-state index in [9.17, 15) is 22.6 Å². The van der Waals surface area contributed by atoms with E-state index >= 15 is 0 Å². The number of unbranched alkanes of at least 4 members (excludes halogenated alkanes) is 4. The third-order valence-electron chi connectivity index (χ3n) is 9.34. The highest BCUT2D eigenvalue weighted by Crippen LogP contribution is 2.50. The number of carboxylic acids is 2. The minimum atomic E-state index is -4.64. The van der Waals surface area contributed by atoms with Crippen molar-refractivity contribution in [1.82, 2.24) is 0 Å². The molecule has 2 aliphatic heterocycles. The largest absolute Gasteiger partial charge is 0.744 e. The van der Waals surface area contributed by atoms with E-state index in [2.05, 4.69) is 45.3 Å². The maximum Gasteiger partial charge on any atom is 0.327 e. The first-order valence-corrected chi connectivity index (χ1v) is 18.8. The van der Waals surface area contributed by atoms with Gasteiger partial charge in [0, 0.05) is 36.2 Å². The Bertz CT molecular complexity index is 1840. The van der Waals surface area contributed by atoms with E-state index in [1.54, 1.807) is 0 Å². The molecule has 0 bridgehead atoms. The van der Waals surface area contributed by atoms with Gasteiger partial charge in [0.05, 0.1) is 26.9 Å². The lowest BCUT2D eigenvalue weighted by Gasteiger charge is -2.27. The van der Waals surface area contributed by atoms with Gasteiger partial charge in [-0.25, -0.2) is 13.0 Å². The van der Waals surface area contributed by atoms with Crippen LogP contribution in [0.1, 0.15) is 95.8 Å². The molecular weight excluding hydrogens is 710 g/mol. The van der Waals surface area contributed by atoms with Gasteiger partial charge in [-0.15, -0.1) is 0 Å². The van der Waals surface area contributed by atoms with Crippen LogP contribution in [0.5, 0.6) is 0 Å². The number of benzene rings is 1. The number of pyridine rings is 1. The van der Waals surface area contributed by atoms with Gasteiger partial charge in [-0.3, -0.25) is 9.59 Å². The van der Waals surface area contributed by atoms with Crippen LogP contribution in [-0.2, 0) is 37.1 Å². The molecule has 2 aliphatic rings. The zero-order chi connectivity index (χ0) is 36.1. The van der Waals surface area contributed by atoms with Gasteiger partial charge in [-0.05, 0) is 115 Å². The van der Waals surface area contributed by atoms with Crippen molar-refractivity contribution in [2.45, 2.75) is 108 Å². The van der Waals surface area contributed by atoms with Crippen LogP contribution >= 0.6 is 15.9 Å². The Morgan fingerprint density at radius 3 is 2.20 bits per heavy atom. The molecule has 0 fully saturated rings. The number of hydrogen-bond acceptors (Lipinski definition) is 7. The summed E-state index contributed by atoms with van der Waals surface area (Å²) >= 11 is 3.65. The number of hydrogen-bond donors (Lipinski definition) is 2. The van der Waals surface area contributed by atoms with Crippen LogP contribution in [-0.4, -0.2) is 47.4 Å².